The molecule has 0 aliphatic carbocycles. The second-order valence-electron chi connectivity index (χ2n) is 9.41. The molecule has 4 aromatic rings. The number of aliphatic hydroxyl groups excluding tert-OH is 1. The molecule has 39 heavy (non-hydrogen) atoms. The fourth-order valence-corrected chi connectivity index (χ4v) is 5.28. The van der Waals surface area contributed by atoms with Gasteiger partial charge in [-0.3, -0.25) is 14.5 Å². The fraction of sp³-hybridized carbons (Fsp3) is 0.226. The van der Waals surface area contributed by atoms with Gasteiger partial charge in [0.2, 0.25) is 5.78 Å². The van der Waals surface area contributed by atoms with Crippen LogP contribution in [0.15, 0.2) is 82.5 Å². The van der Waals surface area contributed by atoms with Crippen molar-refractivity contribution in [2.75, 3.05) is 30.0 Å². The Kier molecular flexibility index (Phi) is 7.10. The summed E-state index contributed by atoms with van der Waals surface area (Å²) in [5.74, 6) is -1.51. The Bertz CT molecular complexity index is 1580. The number of carbonyl (C=O) groups excluding carboxylic acids is 2. The van der Waals surface area contributed by atoms with Gasteiger partial charge in [-0.25, -0.2) is 0 Å². The summed E-state index contributed by atoms with van der Waals surface area (Å²) < 4.78 is 11.3. The highest BCUT2D eigenvalue weighted by Crippen LogP contribution is 2.43. The maximum Gasteiger partial charge on any atom is 0.294 e. The van der Waals surface area contributed by atoms with E-state index in [1.807, 2.05) is 43.3 Å². The number of rotatable bonds is 8. The second kappa shape index (κ2) is 10.5. The zero-order valence-electron chi connectivity index (χ0n) is 22.2. The number of halogens is 1. The van der Waals surface area contributed by atoms with Crippen LogP contribution in [0.25, 0.3) is 11.0 Å². The van der Waals surface area contributed by atoms with Crippen molar-refractivity contribution in [3.05, 3.63) is 100.0 Å². The summed E-state index contributed by atoms with van der Waals surface area (Å²) in [6.07, 6.45) is 0. The molecular weight excluding hydrogens is 516 g/mol. The van der Waals surface area contributed by atoms with Crippen molar-refractivity contribution in [1.82, 2.24) is 0 Å². The molecule has 0 bridgehead atoms. The van der Waals surface area contributed by atoms with E-state index in [1.54, 1.807) is 30.3 Å². The number of hydrogen-bond acceptors (Lipinski definition) is 6. The summed E-state index contributed by atoms with van der Waals surface area (Å²) in [7, 11) is 1.48. The van der Waals surface area contributed by atoms with Gasteiger partial charge in [0.25, 0.3) is 5.91 Å². The number of anilines is 2. The number of benzene rings is 3. The molecule has 8 heteroatoms. The van der Waals surface area contributed by atoms with Crippen LogP contribution < -0.4 is 14.5 Å². The predicted octanol–water partition coefficient (Wildman–Crippen LogP) is 7.03. The van der Waals surface area contributed by atoms with E-state index >= 15 is 0 Å². The average molecular weight is 545 g/mol. The molecule has 200 valence electrons. The lowest BCUT2D eigenvalue weighted by molar-refractivity contribution is -0.117. The SMILES string of the molecule is CCN(CC)c1ccc(C2C(C(=O)c3cc4cc(Cl)cc(OC)c4o3)=C(O)C(=O)N2c2ccc(C)cc2)cc1. The largest absolute Gasteiger partial charge is 0.503 e. The Hall–Kier alpha value is -4.23. The number of furan rings is 1. The molecule has 1 amide bonds. The second-order valence-corrected chi connectivity index (χ2v) is 9.84. The summed E-state index contributed by atoms with van der Waals surface area (Å²) in [4.78, 5) is 31.1. The zero-order chi connectivity index (χ0) is 27.8. The van der Waals surface area contributed by atoms with Gasteiger partial charge in [0, 0.05) is 40.9 Å². The van der Waals surface area contributed by atoms with E-state index in [4.69, 9.17) is 20.8 Å². The highest BCUT2D eigenvalue weighted by atomic mass is 35.5. The Balaban J connectivity index is 1.64. The quantitative estimate of drug-likeness (QED) is 0.240. The highest BCUT2D eigenvalue weighted by Gasteiger charge is 2.45. The van der Waals surface area contributed by atoms with E-state index in [-0.39, 0.29) is 11.3 Å². The summed E-state index contributed by atoms with van der Waals surface area (Å²) in [6.45, 7) is 7.80. The number of amides is 1. The van der Waals surface area contributed by atoms with Crippen LogP contribution in [0, 0.1) is 6.92 Å². The number of hydrogen-bond donors (Lipinski definition) is 1. The number of methoxy groups -OCH3 is 1. The molecule has 7 nitrogen and oxygen atoms in total. The minimum absolute atomic E-state index is 0.0320. The van der Waals surface area contributed by atoms with Gasteiger partial charge in [-0.2, -0.15) is 0 Å². The molecule has 1 aromatic heterocycles. The molecule has 0 saturated carbocycles. The van der Waals surface area contributed by atoms with Crippen molar-refractivity contribution in [3.63, 3.8) is 0 Å². The molecular formula is C31H29ClN2O5. The lowest BCUT2D eigenvalue weighted by Gasteiger charge is -2.28. The van der Waals surface area contributed by atoms with Gasteiger partial charge in [-0.15, -0.1) is 0 Å². The van der Waals surface area contributed by atoms with E-state index in [1.165, 1.54) is 12.0 Å². The first kappa shape index (κ1) is 26.4. The minimum atomic E-state index is -0.864. The smallest absolute Gasteiger partial charge is 0.294 e. The summed E-state index contributed by atoms with van der Waals surface area (Å²) >= 11 is 6.21. The summed E-state index contributed by atoms with van der Waals surface area (Å²) in [5.41, 5.74) is 3.59. The van der Waals surface area contributed by atoms with Gasteiger partial charge in [0.1, 0.15) is 0 Å². The number of nitrogens with zero attached hydrogens (tertiary/aromatic N) is 2. The van der Waals surface area contributed by atoms with Crippen molar-refractivity contribution in [2.24, 2.45) is 0 Å². The lowest BCUT2D eigenvalue weighted by atomic mass is 9.94. The Morgan fingerprint density at radius 2 is 1.72 bits per heavy atom. The molecule has 5 rings (SSSR count). The van der Waals surface area contributed by atoms with E-state index < -0.39 is 23.5 Å². The van der Waals surface area contributed by atoms with Gasteiger partial charge < -0.3 is 19.2 Å². The third-order valence-corrected chi connectivity index (χ3v) is 7.31. The molecule has 2 heterocycles. The maximum absolute atomic E-state index is 14.0. The van der Waals surface area contributed by atoms with Crippen molar-refractivity contribution in [2.45, 2.75) is 26.8 Å². The Labute approximate surface area is 231 Å². The topological polar surface area (TPSA) is 83.2 Å². The molecule has 0 spiro atoms. The first-order valence-corrected chi connectivity index (χ1v) is 13.1. The van der Waals surface area contributed by atoms with Crippen LogP contribution in [0.3, 0.4) is 0 Å². The summed E-state index contributed by atoms with van der Waals surface area (Å²) in [5, 5.41) is 12.1. The minimum Gasteiger partial charge on any atom is -0.503 e. The Morgan fingerprint density at radius 1 is 1.05 bits per heavy atom. The number of Topliss-reactive ketones (excluding diaryl/α,β-unsaturated/α-hetero) is 1. The first-order chi connectivity index (χ1) is 18.8. The average Bonchev–Trinajstić information content (AvgIpc) is 3.48. The molecule has 3 aromatic carbocycles. The fourth-order valence-electron chi connectivity index (χ4n) is 5.06. The number of aryl methyl sites for hydroxylation is 1. The molecule has 1 atom stereocenters. The number of carbonyl (C=O) groups is 2. The van der Waals surface area contributed by atoms with Crippen LogP contribution in [-0.2, 0) is 4.79 Å². The van der Waals surface area contributed by atoms with Gasteiger partial charge in [0.15, 0.2) is 22.9 Å². The van der Waals surface area contributed by atoms with Crippen molar-refractivity contribution in [3.8, 4) is 5.75 Å². The van der Waals surface area contributed by atoms with Crippen molar-refractivity contribution >= 4 is 45.6 Å². The van der Waals surface area contributed by atoms with Crippen LogP contribution in [-0.4, -0.2) is 37.0 Å². The maximum atomic E-state index is 14.0. The summed E-state index contributed by atoms with van der Waals surface area (Å²) in [6, 6.07) is 19.0. The van der Waals surface area contributed by atoms with Gasteiger partial charge in [-0.1, -0.05) is 41.4 Å². The third kappa shape index (κ3) is 4.63. The van der Waals surface area contributed by atoms with E-state index in [9.17, 15) is 14.7 Å². The molecule has 0 radical (unpaired) electrons. The zero-order valence-corrected chi connectivity index (χ0v) is 23.0. The standard InChI is InChI=1S/C31H29ClN2O5/c1-5-33(6-2)22-13-9-19(10-14-22)27-26(29(36)31(37)34(27)23-11-7-18(3)8-12-23)28(35)24-16-20-15-21(32)17-25(38-4)30(20)39-24/h7-17,27,36H,5-6H2,1-4H3. The van der Waals surface area contributed by atoms with Crippen LogP contribution in [0.4, 0.5) is 11.4 Å². The molecule has 0 fully saturated rings. The van der Waals surface area contributed by atoms with Gasteiger partial charge >= 0.3 is 0 Å². The monoisotopic (exact) mass is 544 g/mol. The molecule has 1 unspecified atom stereocenters. The van der Waals surface area contributed by atoms with Crippen LogP contribution in [0.2, 0.25) is 5.02 Å². The van der Waals surface area contributed by atoms with E-state index in [2.05, 4.69) is 18.7 Å². The number of aliphatic hydroxyl groups is 1. The first-order valence-electron chi connectivity index (χ1n) is 12.8. The third-order valence-electron chi connectivity index (χ3n) is 7.09. The molecule has 1 aliphatic heterocycles. The number of ketones is 1. The molecule has 1 aliphatic rings. The van der Waals surface area contributed by atoms with E-state index in [0.29, 0.717) is 33.0 Å². The van der Waals surface area contributed by atoms with E-state index in [0.717, 1.165) is 24.3 Å². The van der Waals surface area contributed by atoms with Gasteiger partial charge in [0.05, 0.1) is 18.7 Å². The highest BCUT2D eigenvalue weighted by molar-refractivity contribution is 6.31. The van der Waals surface area contributed by atoms with Gasteiger partial charge in [-0.05, 0) is 62.7 Å². The normalized spacial score (nSPS) is 15.4. The van der Waals surface area contributed by atoms with Crippen molar-refractivity contribution < 1.29 is 23.8 Å². The van der Waals surface area contributed by atoms with Crippen LogP contribution in [0.1, 0.15) is 41.6 Å². The number of ether oxygens (including phenoxy) is 1. The predicted molar refractivity (Wildman–Crippen MR) is 153 cm³/mol. The lowest BCUT2D eigenvalue weighted by Crippen LogP contribution is -2.31. The molecule has 1 N–H and O–H groups in total. The van der Waals surface area contributed by atoms with Crippen LogP contribution >= 0.6 is 11.6 Å². The Morgan fingerprint density at radius 3 is 2.33 bits per heavy atom. The number of fused-ring (bicyclic) bond motifs is 1. The molecule has 0 saturated heterocycles. The van der Waals surface area contributed by atoms with Crippen LogP contribution in [0.5, 0.6) is 5.75 Å². The van der Waals surface area contributed by atoms with Crippen molar-refractivity contribution in [1.29, 1.82) is 0 Å².